The van der Waals surface area contributed by atoms with E-state index in [1.807, 2.05) is 18.2 Å². The van der Waals surface area contributed by atoms with E-state index in [-0.39, 0.29) is 0 Å². The zero-order valence-corrected chi connectivity index (χ0v) is 15.6. The highest BCUT2D eigenvalue weighted by atomic mass is 16.5. The standard InChI is InChI=1S/C23H25NO2/c1-24(17-20-11-6-10-19-9-4-5-12-21(19)20)15-7-8-18-13-14-22(25-2)23(16-18)26-3/h4-14,16H,15,17H2,1-3H3. The molecule has 3 heteroatoms. The van der Waals surface area contributed by atoms with Crippen molar-refractivity contribution in [3.05, 3.63) is 77.9 Å². The van der Waals surface area contributed by atoms with E-state index in [4.69, 9.17) is 9.47 Å². The quantitative estimate of drug-likeness (QED) is 0.600. The molecular formula is C23H25NO2. The molecule has 0 unspecified atom stereocenters. The molecule has 134 valence electrons. The number of nitrogens with zero attached hydrogens (tertiary/aromatic N) is 1. The van der Waals surface area contributed by atoms with Gasteiger partial charge >= 0.3 is 0 Å². The summed E-state index contributed by atoms with van der Waals surface area (Å²) in [6, 6.07) is 21.0. The Morgan fingerprint density at radius 3 is 2.46 bits per heavy atom. The van der Waals surface area contributed by atoms with Crippen LogP contribution in [-0.2, 0) is 6.54 Å². The van der Waals surface area contributed by atoms with Crippen LogP contribution in [0.1, 0.15) is 11.1 Å². The minimum atomic E-state index is 0.748. The number of fused-ring (bicyclic) bond motifs is 1. The number of likely N-dealkylation sites (N-methyl/N-ethyl adjacent to an activating group) is 1. The second-order valence-electron chi connectivity index (χ2n) is 6.35. The van der Waals surface area contributed by atoms with Gasteiger partial charge in [-0.15, -0.1) is 0 Å². The summed E-state index contributed by atoms with van der Waals surface area (Å²) >= 11 is 0. The third kappa shape index (κ3) is 4.24. The molecule has 0 spiro atoms. The van der Waals surface area contributed by atoms with Gasteiger partial charge in [0.25, 0.3) is 0 Å². The van der Waals surface area contributed by atoms with Crippen LogP contribution in [0.2, 0.25) is 0 Å². The van der Waals surface area contributed by atoms with Gasteiger partial charge in [-0.3, -0.25) is 4.90 Å². The van der Waals surface area contributed by atoms with Gasteiger partial charge in [0.15, 0.2) is 11.5 Å². The van der Waals surface area contributed by atoms with Gasteiger partial charge in [0.05, 0.1) is 14.2 Å². The maximum atomic E-state index is 5.35. The Balaban J connectivity index is 1.65. The fourth-order valence-corrected chi connectivity index (χ4v) is 3.11. The minimum Gasteiger partial charge on any atom is -0.493 e. The fourth-order valence-electron chi connectivity index (χ4n) is 3.11. The van der Waals surface area contributed by atoms with Gasteiger partial charge in [-0.25, -0.2) is 0 Å². The monoisotopic (exact) mass is 347 g/mol. The highest BCUT2D eigenvalue weighted by Gasteiger charge is 2.04. The first-order valence-corrected chi connectivity index (χ1v) is 8.75. The van der Waals surface area contributed by atoms with Gasteiger partial charge in [0.1, 0.15) is 0 Å². The predicted molar refractivity (Wildman–Crippen MR) is 109 cm³/mol. The molecule has 0 amide bonds. The lowest BCUT2D eigenvalue weighted by atomic mass is 10.0. The van der Waals surface area contributed by atoms with Gasteiger partial charge in [-0.2, -0.15) is 0 Å². The number of ether oxygens (including phenoxy) is 2. The normalized spacial score (nSPS) is 11.4. The van der Waals surface area contributed by atoms with Crippen LogP contribution in [0.4, 0.5) is 0 Å². The average Bonchev–Trinajstić information content (AvgIpc) is 2.68. The van der Waals surface area contributed by atoms with E-state index in [9.17, 15) is 0 Å². The Morgan fingerprint density at radius 1 is 0.885 bits per heavy atom. The SMILES string of the molecule is COc1ccc(C=CCN(C)Cc2cccc3ccccc23)cc1OC. The zero-order valence-electron chi connectivity index (χ0n) is 15.6. The Morgan fingerprint density at radius 2 is 1.65 bits per heavy atom. The van der Waals surface area contributed by atoms with Crippen molar-refractivity contribution in [3.63, 3.8) is 0 Å². The Hall–Kier alpha value is -2.78. The van der Waals surface area contributed by atoms with Gasteiger partial charge in [0.2, 0.25) is 0 Å². The number of benzene rings is 3. The lowest BCUT2D eigenvalue weighted by Crippen LogP contribution is -2.17. The van der Waals surface area contributed by atoms with Crippen molar-refractivity contribution in [1.29, 1.82) is 0 Å². The molecule has 3 aromatic rings. The van der Waals surface area contributed by atoms with Gasteiger partial charge in [-0.1, -0.05) is 60.7 Å². The van der Waals surface area contributed by atoms with Crippen molar-refractivity contribution in [1.82, 2.24) is 4.90 Å². The van der Waals surface area contributed by atoms with E-state index in [0.29, 0.717) is 0 Å². The Bertz CT molecular complexity index is 896. The summed E-state index contributed by atoms with van der Waals surface area (Å²) in [6.45, 7) is 1.79. The molecule has 0 saturated carbocycles. The zero-order chi connectivity index (χ0) is 18.4. The molecule has 0 aliphatic rings. The van der Waals surface area contributed by atoms with Crippen LogP contribution >= 0.6 is 0 Å². The maximum Gasteiger partial charge on any atom is 0.161 e. The van der Waals surface area contributed by atoms with E-state index in [1.165, 1.54) is 16.3 Å². The molecule has 0 radical (unpaired) electrons. The molecule has 0 N–H and O–H groups in total. The van der Waals surface area contributed by atoms with Gasteiger partial charge < -0.3 is 9.47 Å². The average molecular weight is 347 g/mol. The molecule has 0 saturated heterocycles. The lowest BCUT2D eigenvalue weighted by molar-refractivity contribution is 0.355. The van der Waals surface area contributed by atoms with Crippen LogP contribution in [0.5, 0.6) is 11.5 Å². The van der Waals surface area contributed by atoms with Crippen molar-refractivity contribution in [2.24, 2.45) is 0 Å². The van der Waals surface area contributed by atoms with Crippen molar-refractivity contribution in [2.75, 3.05) is 27.8 Å². The minimum absolute atomic E-state index is 0.748. The van der Waals surface area contributed by atoms with Crippen molar-refractivity contribution in [3.8, 4) is 11.5 Å². The largest absolute Gasteiger partial charge is 0.493 e. The molecule has 0 atom stereocenters. The first kappa shape index (κ1) is 18.0. The van der Waals surface area contributed by atoms with Crippen LogP contribution in [-0.4, -0.2) is 32.7 Å². The van der Waals surface area contributed by atoms with Crippen molar-refractivity contribution < 1.29 is 9.47 Å². The van der Waals surface area contributed by atoms with Crippen LogP contribution in [0.15, 0.2) is 66.7 Å². The molecule has 0 bridgehead atoms. The highest BCUT2D eigenvalue weighted by molar-refractivity contribution is 5.85. The molecule has 0 aliphatic heterocycles. The van der Waals surface area contributed by atoms with Crippen molar-refractivity contribution in [2.45, 2.75) is 6.54 Å². The molecule has 0 aromatic heterocycles. The number of methoxy groups -OCH3 is 2. The Kier molecular flexibility index (Phi) is 5.92. The van der Waals surface area contributed by atoms with Gasteiger partial charge in [-0.05, 0) is 41.1 Å². The summed E-state index contributed by atoms with van der Waals surface area (Å²) in [5, 5.41) is 2.62. The summed E-state index contributed by atoms with van der Waals surface area (Å²) in [5.74, 6) is 1.50. The van der Waals surface area contributed by atoms with Crippen LogP contribution in [0.3, 0.4) is 0 Å². The van der Waals surface area contributed by atoms with Crippen LogP contribution < -0.4 is 9.47 Å². The van der Waals surface area contributed by atoms with E-state index >= 15 is 0 Å². The first-order chi connectivity index (χ1) is 12.7. The topological polar surface area (TPSA) is 21.7 Å². The molecular weight excluding hydrogens is 322 g/mol. The summed E-state index contributed by atoms with van der Waals surface area (Å²) in [4.78, 5) is 2.30. The summed E-state index contributed by atoms with van der Waals surface area (Å²) in [6.07, 6.45) is 4.29. The fraction of sp³-hybridized carbons (Fsp3) is 0.217. The molecule has 0 heterocycles. The molecule has 3 nitrogen and oxygen atoms in total. The second-order valence-corrected chi connectivity index (χ2v) is 6.35. The first-order valence-electron chi connectivity index (χ1n) is 8.75. The third-order valence-corrected chi connectivity index (χ3v) is 4.46. The molecule has 3 aromatic carbocycles. The molecule has 26 heavy (non-hydrogen) atoms. The maximum absolute atomic E-state index is 5.35. The Labute approximate surface area is 155 Å². The van der Waals surface area contributed by atoms with E-state index in [2.05, 4.69) is 66.6 Å². The number of rotatable bonds is 7. The third-order valence-electron chi connectivity index (χ3n) is 4.46. The predicted octanol–water partition coefficient (Wildman–Crippen LogP) is 5.00. The van der Waals surface area contributed by atoms with E-state index < -0.39 is 0 Å². The number of hydrogen-bond acceptors (Lipinski definition) is 3. The van der Waals surface area contributed by atoms with Crippen LogP contribution in [0, 0.1) is 0 Å². The smallest absolute Gasteiger partial charge is 0.161 e. The summed E-state index contributed by atoms with van der Waals surface area (Å²) < 4.78 is 10.6. The summed E-state index contributed by atoms with van der Waals surface area (Å²) in [7, 11) is 5.44. The highest BCUT2D eigenvalue weighted by Crippen LogP contribution is 2.28. The summed E-state index contributed by atoms with van der Waals surface area (Å²) in [5.41, 5.74) is 2.45. The molecule has 0 aliphatic carbocycles. The number of hydrogen-bond donors (Lipinski definition) is 0. The second kappa shape index (κ2) is 8.54. The van der Waals surface area contributed by atoms with E-state index in [1.54, 1.807) is 14.2 Å². The van der Waals surface area contributed by atoms with Crippen molar-refractivity contribution >= 4 is 16.8 Å². The lowest BCUT2D eigenvalue weighted by Gasteiger charge is -2.16. The molecule has 0 fully saturated rings. The van der Waals surface area contributed by atoms with E-state index in [0.717, 1.165) is 30.2 Å². The van der Waals surface area contributed by atoms with Crippen LogP contribution in [0.25, 0.3) is 16.8 Å². The van der Waals surface area contributed by atoms with Gasteiger partial charge in [0, 0.05) is 13.1 Å². The molecule has 3 rings (SSSR count).